The van der Waals surface area contributed by atoms with Crippen LogP contribution in [0, 0.1) is 11.8 Å². The SMILES string of the molecule is C[C@H](CO)N1C(=O)[C@@H]2[C@@H]3C(=O)N(Cc4ccccc4)CC=C[C@@H]3O[C@@]23C=CCN(Cc2ccccc2)C(=O)C13. The van der Waals surface area contributed by atoms with Crippen LogP contribution in [0.1, 0.15) is 18.1 Å². The number of aliphatic hydroxyl groups is 1. The van der Waals surface area contributed by atoms with Gasteiger partial charge in [0.15, 0.2) is 0 Å². The van der Waals surface area contributed by atoms with Gasteiger partial charge < -0.3 is 24.5 Å². The Bertz CT molecular complexity index is 1310. The molecule has 4 heterocycles. The van der Waals surface area contributed by atoms with E-state index in [2.05, 4.69) is 0 Å². The molecule has 2 saturated heterocycles. The highest BCUT2D eigenvalue weighted by atomic mass is 16.5. The number of amides is 3. The number of aliphatic hydroxyl groups excluding tert-OH is 1. The number of carbonyl (C=O) groups is 3. The van der Waals surface area contributed by atoms with Crippen molar-refractivity contribution >= 4 is 17.7 Å². The van der Waals surface area contributed by atoms with E-state index < -0.39 is 35.6 Å². The lowest BCUT2D eigenvalue weighted by Crippen LogP contribution is -2.57. The summed E-state index contributed by atoms with van der Waals surface area (Å²) in [6.07, 6.45) is 6.88. The van der Waals surface area contributed by atoms with Gasteiger partial charge in [-0.2, -0.15) is 0 Å². The van der Waals surface area contributed by atoms with Crippen molar-refractivity contribution in [3.63, 3.8) is 0 Å². The van der Waals surface area contributed by atoms with Crippen molar-refractivity contribution in [2.24, 2.45) is 11.8 Å². The highest BCUT2D eigenvalue weighted by Gasteiger charge is 2.72. The molecule has 202 valence electrons. The smallest absolute Gasteiger partial charge is 0.249 e. The quantitative estimate of drug-likeness (QED) is 0.582. The first kappa shape index (κ1) is 25.5. The molecule has 0 aromatic heterocycles. The summed E-state index contributed by atoms with van der Waals surface area (Å²) in [5, 5.41) is 10.1. The van der Waals surface area contributed by atoms with Crippen LogP contribution < -0.4 is 0 Å². The van der Waals surface area contributed by atoms with E-state index in [-0.39, 0.29) is 24.3 Å². The summed E-state index contributed by atoms with van der Waals surface area (Å²) in [7, 11) is 0. The maximum atomic E-state index is 14.2. The molecule has 3 amide bonds. The van der Waals surface area contributed by atoms with Gasteiger partial charge in [0.25, 0.3) is 0 Å². The predicted octanol–water partition coefficient (Wildman–Crippen LogP) is 2.15. The molecule has 0 aliphatic carbocycles. The zero-order valence-electron chi connectivity index (χ0n) is 21.9. The average molecular weight is 528 g/mol. The van der Waals surface area contributed by atoms with E-state index in [9.17, 15) is 19.5 Å². The molecule has 4 aliphatic rings. The third kappa shape index (κ3) is 4.19. The van der Waals surface area contributed by atoms with Crippen molar-refractivity contribution in [1.82, 2.24) is 14.7 Å². The van der Waals surface area contributed by atoms with E-state index in [1.54, 1.807) is 16.7 Å². The third-order valence-corrected chi connectivity index (χ3v) is 8.44. The molecule has 0 saturated carbocycles. The largest absolute Gasteiger partial charge is 0.394 e. The van der Waals surface area contributed by atoms with Gasteiger partial charge in [0.1, 0.15) is 11.6 Å². The Morgan fingerprint density at radius 1 is 0.872 bits per heavy atom. The van der Waals surface area contributed by atoms with Gasteiger partial charge in [-0.25, -0.2) is 0 Å². The summed E-state index contributed by atoms with van der Waals surface area (Å²) in [6, 6.07) is 17.9. The van der Waals surface area contributed by atoms with Crippen LogP contribution in [0.15, 0.2) is 85.0 Å². The fraction of sp³-hybridized carbons (Fsp3) is 0.387. The Morgan fingerprint density at radius 2 is 1.46 bits per heavy atom. The second kappa shape index (κ2) is 10.1. The minimum atomic E-state index is -1.30. The number of nitrogens with zero attached hydrogens (tertiary/aromatic N) is 3. The van der Waals surface area contributed by atoms with E-state index in [0.717, 1.165) is 11.1 Å². The van der Waals surface area contributed by atoms with Crippen molar-refractivity contribution in [2.45, 2.75) is 43.8 Å². The zero-order valence-corrected chi connectivity index (χ0v) is 21.9. The van der Waals surface area contributed by atoms with Gasteiger partial charge in [-0.3, -0.25) is 14.4 Å². The fourth-order valence-electron chi connectivity index (χ4n) is 6.63. The van der Waals surface area contributed by atoms with Crippen molar-refractivity contribution in [3.8, 4) is 0 Å². The maximum Gasteiger partial charge on any atom is 0.249 e. The number of carbonyl (C=O) groups excluding carboxylic acids is 3. The highest BCUT2D eigenvalue weighted by Crippen LogP contribution is 2.54. The molecular formula is C31H33N3O5. The summed E-state index contributed by atoms with van der Waals surface area (Å²) in [5.41, 5.74) is 0.678. The first-order valence-electron chi connectivity index (χ1n) is 13.5. The molecule has 0 radical (unpaired) electrons. The standard InChI is InChI=1S/C31H33N3O5/c1-21(20-35)34-27-30(38)33(19-23-12-6-3-7-13-23)17-9-15-31(27)26(29(34)37)25-24(39-31)14-8-16-32(28(25)36)18-22-10-4-2-5-11-22/h2-15,21,24-27,35H,16-20H2,1H3/t21-,24+,25-,26+,27?,31+/m1/s1. The molecule has 8 heteroatoms. The summed E-state index contributed by atoms with van der Waals surface area (Å²) in [4.78, 5) is 47.4. The molecule has 1 N–H and O–H groups in total. The predicted molar refractivity (Wildman–Crippen MR) is 144 cm³/mol. The number of hydrogen-bond acceptors (Lipinski definition) is 5. The lowest BCUT2D eigenvalue weighted by molar-refractivity contribution is -0.151. The van der Waals surface area contributed by atoms with E-state index in [1.165, 1.54) is 4.90 Å². The summed E-state index contributed by atoms with van der Waals surface area (Å²) >= 11 is 0. The Hall–Kier alpha value is -3.75. The monoisotopic (exact) mass is 527 g/mol. The van der Waals surface area contributed by atoms with Crippen LogP contribution in [0.4, 0.5) is 0 Å². The molecule has 2 aromatic carbocycles. The van der Waals surface area contributed by atoms with Crippen LogP contribution in [0.25, 0.3) is 0 Å². The second-order valence-corrected chi connectivity index (χ2v) is 10.9. The van der Waals surface area contributed by atoms with Crippen molar-refractivity contribution in [3.05, 3.63) is 96.1 Å². The van der Waals surface area contributed by atoms with Crippen molar-refractivity contribution in [1.29, 1.82) is 0 Å². The molecule has 2 fully saturated rings. The van der Waals surface area contributed by atoms with Crippen LogP contribution in [0.5, 0.6) is 0 Å². The van der Waals surface area contributed by atoms with Crippen LogP contribution in [-0.4, -0.2) is 81.0 Å². The molecule has 0 bridgehead atoms. The van der Waals surface area contributed by atoms with Gasteiger partial charge in [-0.1, -0.05) is 85.0 Å². The van der Waals surface area contributed by atoms with Gasteiger partial charge in [-0.15, -0.1) is 0 Å². The third-order valence-electron chi connectivity index (χ3n) is 8.44. The van der Waals surface area contributed by atoms with E-state index in [4.69, 9.17) is 4.74 Å². The van der Waals surface area contributed by atoms with Crippen LogP contribution in [0.2, 0.25) is 0 Å². The van der Waals surface area contributed by atoms with E-state index in [1.807, 2.05) is 85.0 Å². The van der Waals surface area contributed by atoms with Crippen LogP contribution in [-0.2, 0) is 32.2 Å². The van der Waals surface area contributed by atoms with Gasteiger partial charge >= 0.3 is 0 Å². The average Bonchev–Trinajstić information content (AvgIpc) is 3.29. The number of benzene rings is 2. The Morgan fingerprint density at radius 3 is 2.08 bits per heavy atom. The number of hydrogen-bond donors (Lipinski definition) is 1. The van der Waals surface area contributed by atoms with Gasteiger partial charge in [-0.05, 0) is 18.1 Å². The lowest BCUT2D eigenvalue weighted by Gasteiger charge is -2.37. The zero-order chi connectivity index (χ0) is 27.1. The Labute approximate surface area is 228 Å². The lowest BCUT2D eigenvalue weighted by atomic mass is 9.77. The van der Waals surface area contributed by atoms with Gasteiger partial charge in [0, 0.05) is 26.2 Å². The fourth-order valence-corrected chi connectivity index (χ4v) is 6.63. The van der Waals surface area contributed by atoms with Gasteiger partial charge in [0.05, 0.1) is 30.6 Å². The first-order chi connectivity index (χ1) is 18.9. The Kier molecular flexibility index (Phi) is 6.61. The molecule has 39 heavy (non-hydrogen) atoms. The van der Waals surface area contributed by atoms with Crippen LogP contribution >= 0.6 is 0 Å². The molecule has 6 atom stereocenters. The summed E-state index contributed by atoms with van der Waals surface area (Å²) in [5.74, 6) is -2.36. The van der Waals surface area contributed by atoms with Crippen molar-refractivity contribution < 1.29 is 24.2 Å². The number of fused-ring (bicyclic) bond motifs is 2. The molecular weight excluding hydrogens is 494 g/mol. The maximum absolute atomic E-state index is 14.2. The number of likely N-dealkylation sites (tertiary alicyclic amines) is 1. The molecule has 1 spiro atoms. The molecule has 1 unspecified atom stereocenters. The second-order valence-electron chi connectivity index (χ2n) is 10.9. The molecule has 8 nitrogen and oxygen atoms in total. The van der Waals surface area contributed by atoms with E-state index in [0.29, 0.717) is 26.2 Å². The number of rotatable bonds is 6. The molecule has 2 aromatic rings. The minimum Gasteiger partial charge on any atom is -0.394 e. The van der Waals surface area contributed by atoms with Gasteiger partial charge in [0.2, 0.25) is 17.7 Å². The number of ether oxygens (including phenoxy) is 1. The minimum absolute atomic E-state index is 0.160. The normalized spacial score (nSPS) is 30.6. The summed E-state index contributed by atoms with van der Waals surface area (Å²) in [6.45, 7) is 3.00. The Balaban J connectivity index is 1.38. The first-order valence-corrected chi connectivity index (χ1v) is 13.5. The highest BCUT2D eigenvalue weighted by molar-refractivity contribution is 6.00. The summed E-state index contributed by atoms with van der Waals surface area (Å²) < 4.78 is 6.66. The molecule has 6 rings (SSSR count). The van der Waals surface area contributed by atoms with Crippen LogP contribution in [0.3, 0.4) is 0 Å². The topological polar surface area (TPSA) is 90.4 Å². The van der Waals surface area contributed by atoms with Crippen molar-refractivity contribution in [2.75, 3.05) is 19.7 Å². The van der Waals surface area contributed by atoms with E-state index >= 15 is 0 Å². The molecule has 4 aliphatic heterocycles.